The van der Waals surface area contributed by atoms with Crippen LogP contribution in [0.4, 0.5) is 5.69 Å². The lowest BCUT2D eigenvalue weighted by atomic mass is 9.96. The number of hydrogen-bond acceptors (Lipinski definition) is 3. The molecule has 1 N–H and O–H groups in total. The standard InChI is InChI=1S/C11H15N3/c1-2-10-8-13-5-6-14(10)11-3-4-12-7-9(1)11/h3-4,7,10,13H,1-2,5-6,8H2. The third kappa shape index (κ3) is 1.20. The lowest BCUT2D eigenvalue weighted by Gasteiger charge is -2.42. The van der Waals surface area contributed by atoms with Crippen molar-refractivity contribution in [2.45, 2.75) is 18.9 Å². The van der Waals surface area contributed by atoms with E-state index in [-0.39, 0.29) is 0 Å². The molecule has 3 heteroatoms. The second-order valence-corrected chi connectivity index (χ2v) is 4.09. The number of rotatable bonds is 0. The molecule has 0 bridgehead atoms. The first kappa shape index (κ1) is 8.24. The van der Waals surface area contributed by atoms with Gasteiger partial charge in [0.05, 0.1) is 0 Å². The second-order valence-electron chi connectivity index (χ2n) is 4.09. The van der Waals surface area contributed by atoms with Crippen LogP contribution in [0.3, 0.4) is 0 Å². The van der Waals surface area contributed by atoms with Crippen molar-refractivity contribution in [1.29, 1.82) is 0 Å². The van der Waals surface area contributed by atoms with Crippen molar-refractivity contribution in [1.82, 2.24) is 10.3 Å². The molecule has 0 saturated carbocycles. The predicted octanol–water partition coefficient (Wildman–Crippen LogP) is 0.806. The minimum atomic E-state index is 0.707. The average Bonchev–Trinajstić information content (AvgIpc) is 2.29. The van der Waals surface area contributed by atoms with E-state index in [0.29, 0.717) is 6.04 Å². The quantitative estimate of drug-likeness (QED) is 0.654. The fraction of sp³-hybridized carbons (Fsp3) is 0.545. The molecule has 0 spiro atoms. The van der Waals surface area contributed by atoms with Gasteiger partial charge in [0, 0.05) is 43.8 Å². The molecule has 1 fully saturated rings. The van der Waals surface area contributed by atoms with Gasteiger partial charge in [0.25, 0.3) is 0 Å². The van der Waals surface area contributed by atoms with Gasteiger partial charge in [-0.05, 0) is 24.5 Å². The first-order valence-electron chi connectivity index (χ1n) is 5.35. The van der Waals surface area contributed by atoms with Crippen molar-refractivity contribution in [3.63, 3.8) is 0 Å². The lowest BCUT2D eigenvalue weighted by molar-refractivity contribution is 0.439. The molecule has 0 aromatic carbocycles. The second kappa shape index (κ2) is 3.24. The van der Waals surface area contributed by atoms with E-state index in [1.54, 1.807) is 0 Å². The summed E-state index contributed by atoms with van der Waals surface area (Å²) in [5.41, 5.74) is 2.84. The van der Waals surface area contributed by atoms with Crippen LogP contribution in [0.25, 0.3) is 0 Å². The van der Waals surface area contributed by atoms with Gasteiger partial charge in [0.1, 0.15) is 0 Å². The normalized spacial score (nSPS) is 25.4. The molecule has 1 saturated heterocycles. The maximum atomic E-state index is 4.19. The number of fused-ring (bicyclic) bond motifs is 3. The first-order chi connectivity index (χ1) is 6.95. The van der Waals surface area contributed by atoms with Gasteiger partial charge < -0.3 is 10.2 Å². The monoisotopic (exact) mass is 189 g/mol. The van der Waals surface area contributed by atoms with Crippen molar-refractivity contribution in [2.24, 2.45) is 0 Å². The Morgan fingerprint density at radius 1 is 1.50 bits per heavy atom. The summed E-state index contributed by atoms with van der Waals surface area (Å²) in [5, 5.41) is 3.46. The minimum Gasteiger partial charge on any atom is -0.366 e. The molecular weight excluding hydrogens is 174 g/mol. The Bertz CT molecular complexity index is 337. The van der Waals surface area contributed by atoms with Gasteiger partial charge in [-0.3, -0.25) is 4.98 Å². The Labute approximate surface area is 84.1 Å². The highest BCUT2D eigenvalue weighted by molar-refractivity contribution is 5.55. The van der Waals surface area contributed by atoms with Gasteiger partial charge >= 0.3 is 0 Å². The highest BCUT2D eigenvalue weighted by atomic mass is 15.2. The summed E-state index contributed by atoms with van der Waals surface area (Å²) in [6.07, 6.45) is 6.38. The largest absolute Gasteiger partial charge is 0.366 e. The van der Waals surface area contributed by atoms with Crippen LogP contribution in [0.15, 0.2) is 18.5 Å². The highest BCUT2D eigenvalue weighted by Gasteiger charge is 2.27. The summed E-state index contributed by atoms with van der Waals surface area (Å²) in [4.78, 5) is 6.73. The van der Waals surface area contributed by atoms with Crippen LogP contribution in [0.5, 0.6) is 0 Å². The van der Waals surface area contributed by atoms with Crippen LogP contribution in [0.2, 0.25) is 0 Å². The smallest absolute Gasteiger partial charge is 0.0433 e. The van der Waals surface area contributed by atoms with E-state index < -0.39 is 0 Å². The van der Waals surface area contributed by atoms with Crippen molar-refractivity contribution in [3.05, 3.63) is 24.0 Å². The Morgan fingerprint density at radius 2 is 2.50 bits per heavy atom. The van der Waals surface area contributed by atoms with Gasteiger partial charge in [0.15, 0.2) is 0 Å². The van der Waals surface area contributed by atoms with Crippen LogP contribution in [0.1, 0.15) is 12.0 Å². The zero-order valence-corrected chi connectivity index (χ0v) is 8.24. The van der Waals surface area contributed by atoms with Gasteiger partial charge in [-0.15, -0.1) is 0 Å². The van der Waals surface area contributed by atoms with Crippen molar-refractivity contribution in [3.8, 4) is 0 Å². The number of pyridine rings is 1. The van der Waals surface area contributed by atoms with Gasteiger partial charge in [-0.25, -0.2) is 0 Å². The Morgan fingerprint density at radius 3 is 3.50 bits per heavy atom. The first-order valence-corrected chi connectivity index (χ1v) is 5.35. The summed E-state index contributed by atoms with van der Waals surface area (Å²) in [6.45, 7) is 3.39. The molecule has 74 valence electrons. The van der Waals surface area contributed by atoms with E-state index in [9.17, 15) is 0 Å². The third-order valence-corrected chi connectivity index (χ3v) is 3.28. The summed E-state index contributed by atoms with van der Waals surface area (Å²) < 4.78 is 0. The maximum absolute atomic E-state index is 4.19. The molecule has 3 rings (SSSR count). The zero-order chi connectivity index (χ0) is 9.38. The van der Waals surface area contributed by atoms with Crippen LogP contribution < -0.4 is 10.2 Å². The number of aryl methyl sites for hydroxylation is 1. The summed E-state index contributed by atoms with van der Waals surface area (Å²) >= 11 is 0. The molecule has 1 unspecified atom stereocenters. The van der Waals surface area contributed by atoms with Crippen molar-refractivity contribution in [2.75, 3.05) is 24.5 Å². The number of nitrogens with one attached hydrogen (secondary N) is 1. The fourth-order valence-corrected chi connectivity index (χ4v) is 2.55. The van der Waals surface area contributed by atoms with Crippen LogP contribution in [0, 0.1) is 0 Å². The van der Waals surface area contributed by atoms with E-state index in [2.05, 4.69) is 21.3 Å². The Hall–Kier alpha value is -1.09. The number of anilines is 1. The molecule has 1 aromatic rings. The van der Waals surface area contributed by atoms with Gasteiger partial charge in [-0.1, -0.05) is 0 Å². The molecule has 0 radical (unpaired) electrons. The van der Waals surface area contributed by atoms with E-state index in [1.807, 2.05) is 12.4 Å². The topological polar surface area (TPSA) is 28.2 Å². The zero-order valence-electron chi connectivity index (χ0n) is 8.24. The molecule has 0 aliphatic carbocycles. The molecule has 3 nitrogen and oxygen atoms in total. The fourth-order valence-electron chi connectivity index (χ4n) is 2.55. The SMILES string of the molecule is c1cc2c(cn1)CCC1CNCCN21. The summed E-state index contributed by atoms with van der Waals surface area (Å²) in [5.74, 6) is 0. The van der Waals surface area contributed by atoms with E-state index >= 15 is 0 Å². The van der Waals surface area contributed by atoms with Crippen LogP contribution in [-0.4, -0.2) is 30.7 Å². The van der Waals surface area contributed by atoms with E-state index in [1.165, 1.54) is 24.1 Å². The number of hydrogen-bond donors (Lipinski definition) is 1. The van der Waals surface area contributed by atoms with Crippen LogP contribution in [-0.2, 0) is 6.42 Å². The van der Waals surface area contributed by atoms with Gasteiger partial charge in [0.2, 0.25) is 0 Å². The summed E-state index contributed by atoms with van der Waals surface area (Å²) in [6, 6.07) is 2.87. The Balaban J connectivity index is 1.99. The maximum Gasteiger partial charge on any atom is 0.0433 e. The number of piperazine rings is 1. The molecular formula is C11H15N3. The molecule has 2 aliphatic heterocycles. The summed E-state index contributed by atoms with van der Waals surface area (Å²) in [7, 11) is 0. The van der Waals surface area contributed by atoms with Crippen LogP contribution >= 0.6 is 0 Å². The Kier molecular flexibility index (Phi) is 1.91. The van der Waals surface area contributed by atoms with E-state index in [4.69, 9.17) is 0 Å². The highest BCUT2D eigenvalue weighted by Crippen LogP contribution is 2.30. The minimum absolute atomic E-state index is 0.707. The van der Waals surface area contributed by atoms with Crippen molar-refractivity contribution < 1.29 is 0 Å². The van der Waals surface area contributed by atoms with Gasteiger partial charge in [-0.2, -0.15) is 0 Å². The number of nitrogens with zero attached hydrogens (tertiary/aromatic N) is 2. The van der Waals surface area contributed by atoms with Crippen molar-refractivity contribution >= 4 is 5.69 Å². The molecule has 1 aromatic heterocycles. The predicted molar refractivity (Wildman–Crippen MR) is 56.6 cm³/mol. The molecule has 3 heterocycles. The molecule has 14 heavy (non-hydrogen) atoms. The molecule has 1 atom stereocenters. The molecule has 0 amide bonds. The average molecular weight is 189 g/mol. The molecule has 2 aliphatic rings. The third-order valence-electron chi connectivity index (χ3n) is 3.28. The number of aromatic nitrogens is 1. The lowest BCUT2D eigenvalue weighted by Crippen LogP contribution is -2.53. The van der Waals surface area contributed by atoms with E-state index in [0.717, 1.165) is 19.6 Å².